The van der Waals surface area contributed by atoms with Crippen LogP contribution in [0.3, 0.4) is 0 Å². The standard InChI is InChI=1S/C13H17N3S/c1-3-7-14-12-11-9-5-4-6-10(9)17-13(11)16-8(2)15-12/h3-7H2,1-2H3,(H,14,15,16). The average molecular weight is 247 g/mol. The molecule has 90 valence electrons. The maximum atomic E-state index is 4.58. The first-order valence-electron chi connectivity index (χ1n) is 6.32. The third-order valence-corrected chi connectivity index (χ3v) is 4.40. The highest BCUT2D eigenvalue weighted by atomic mass is 32.1. The first kappa shape index (κ1) is 11.0. The van der Waals surface area contributed by atoms with Gasteiger partial charge in [-0.25, -0.2) is 9.97 Å². The highest BCUT2D eigenvalue weighted by Crippen LogP contribution is 2.39. The Morgan fingerprint density at radius 3 is 3.00 bits per heavy atom. The summed E-state index contributed by atoms with van der Waals surface area (Å²) in [5.74, 6) is 1.92. The van der Waals surface area contributed by atoms with Gasteiger partial charge in [0.1, 0.15) is 16.5 Å². The molecule has 0 bridgehead atoms. The molecule has 0 atom stereocenters. The van der Waals surface area contributed by atoms with Gasteiger partial charge < -0.3 is 5.32 Å². The summed E-state index contributed by atoms with van der Waals surface area (Å²) < 4.78 is 0. The molecule has 0 aliphatic heterocycles. The number of anilines is 1. The molecule has 3 rings (SSSR count). The van der Waals surface area contributed by atoms with E-state index >= 15 is 0 Å². The molecule has 17 heavy (non-hydrogen) atoms. The SMILES string of the molecule is CCCNc1nc(C)nc2sc3c(c12)CCC3. The summed E-state index contributed by atoms with van der Waals surface area (Å²) in [6.07, 6.45) is 4.83. The molecule has 0 saturated carbocycles. The number of hydrogen-bond acceptors (Lipinski definition) is 4. The molecule has 0 radical (unpaired) electrons. The van der Waals surface area contributed by atoms with E-state index in [1.807, 2.05) is 18.3 Å². The number of aromatic nitrogens is 2. The number of rotatable bonds is 3. The second kappa shape index (κ2) is 4.26. The molecule has 0 fully saturated rings. The monoisotopic (exact) mass is 247 g/mol. The van der Waals surface area contributed by atoms with E-state index in [4.69, 9.17) is 0 Å². The van der Waals surface area contributed by atoms with Crippen LogP contribution in [-0.2, 0) is 12.8 Å². The minimum Gasteiger partial charge on any atom is -0.369 e. The Kier molecular flexibility index (Phi) is 2.74. The summed E-state index contributed by atoms with van der Waals surface area (Å²) in [7, 11) is 0. The molecule has 2 aromatic rings. The average Bonchev–Trinajstić information content (AvgIpc) is 2.84. The van der Waals surface area contributed by atoms with Crippen LogP contribution >= 0.6 is 11.3 Å². The fourth-order valence-electron chi connectivity index (χ4n) is 2.47. The van der Waals surface area contributed by atoms with Crippen molar-refractivity contribution in [3.05, 3.63) is 16.3 Å². The van der Waals surface area contributed by atoms with E-state index in [1.54, 1.807) is 0 Å². The van der Waals surface area contributed by atoms with Crippen LogP contribution in [0.1, 0.15) is 36.0 Å². The highest BCUT2D eigenvalue weighted by Gasteiger charge is 2.21. The zero-order valence-electron chi connectivity index (χ0n) is 10.3. The van der Waals surface area contributed by atoms with Crippen molar-refractivity contribution in [3.8, 4) is 0 Å². The van der Waals surface area contributed by atoms with Crippen LogP contribution in [0.4, 0.5) is 5.82 Å². The molecule has 1 aliphatic carbocycles. The van der Waals surface area contributed by atoms with Gasteiger partial charge >= 0.3 is 0 Å². The number of nitrogens with zero attached hydrogens (tertiary/aromatic N) is 2. The lowest BCUT2D eigenvalue weighted by molar-refractivity contribution is 0.916. The van der Waals surface area contributed by atoms with Gasteiger partial charge in [-0.1, -0.05) is 6.92 Å². The van der Waals surface area contributed by atoms with E-state index in [0.29, 0.717) is 0 Å². The minimum absolute atomic E-state index is 0.871. The maximum absolute atomic E-state index is 4.58. The first-order valence-corrected chi connectivity index (χ1v) is 7.14. The quantitative estimate of drug-likeness (QED) is 0.904. The Labute approximate surface area is 105 Å². The van der Waals surface area contributed by atoms with Crippen LogP contribution < -0.4 is 5.32 Å². The molecule has 0 spiro atoms. The van der Waals surface area contributed by atoms with Gasteiger partial charge in [-0.15, -0.1) is 11.3 Å². The van der Waals surface area contributed by atoms with Gasteiger partial charge in [0, 0.05) is 11.4 Å². The van der Waals surface area contributed by atoms with Crippen molar-refractivity contribution in [1.82, 2.24) is 9.97 Å². The number of fused-ring (bicyclic) bond motifs is 3. The van der Waals surface area contributed by atoms with Gasteiger partial charge in [-0.2, -0.15) is 0 Å². The fourth-order valence-corrected chi connectivity index (χ4v) is 3.78. The number of aryl methyl sites for hydroxylation is 3. The fraction of sp³-hybridized carbons (Fsp3) is 0.538. The van der Waals surface area contributed by atoms with Gasteiger partial charge in [0.15, 0.2) is 0 Å². The normalized spacial score (nSPS) is 14.2. The Morgan fingerprint density at radius 1 is 1.29 bits per heavy atom. The van der Waals surface area contributed by atoms with E-state index in [-0.39, 0.29) is 0 Å². The van der Waals surface area contributed by atoms with Crippen molar-refractivity contribution < 1.29 is 0 Å². The lowest BCUT2D eigenvalue weighted by atomic mass is 10.2. The zero-order chi connectivity index (χ0) is 11.8. The second-order valence-corrected chi connectivity index (χ2v) is 5.67. The van der Waals surface area contributed by atoms with Crippen molar-refractivity contribution in [2.24, 2.45) is 0 Å². The third kappa shape index (κ3) is 1.80. The second-order valence-electron chi connectivity index (χ2n) is 4.58. The highest BCUT2D eigenvalue weighted by molar-refractivity contribution is 7.19. The van der Waals surface area contributed by atoms with Gasteiger partial charge in [0.05, 0.1) is 5.39 Å². The predicted molar refractivity (Wildman–Crippen MR) is 73.0 cm³/mol. The summed E-state index contributed by atoms with van der Waals surface area (Å²) in [6, 6.07) is 0. The number of hydrogen-bond donors (Lipinski definition) is 1. The van der Waals surface area contributed by atoms with Crippen molar-refractivity contribution in [2.45, 2.75) is 39.5 Å². The molecule has 1 N–H and O–H groups in total. The minimum atomic E-state index is 0.871. The van der Waals surface area contributed by atoms with E-state index in [2.05, 4.69) is 22.2 Å². The van der Waals surface area contributed by atoms with Crippen LogP contribution in [-0.4, -0.2) is 16.5 Å². The lowest BCUT2D eigenvalue weighted by Crippen LogP contribution is -2.04. The van der Waals surface area contributed by atoms with Gasteiger partial charge in [-0.3, -0.25) is 0 Å². The van der Waals surface area contributed by atoms with Crippen molar-refractivity contribution in [2.75, 3.05) is 11.9 Å². The first-order chi connectivity index (χ1) is 8.29. The van der Waals surface area contributed by atoms with Gasteiger partial charge in [0.2, 0.25) is 0 Å². The van der Waals surface area contributed by atoms with Gasteiger partial charge in [0.25, 0.3) is 0 Å². The molecule has 1 aliphatic rings. The van der Waals surface area contributed by atoms with Crippen LogP contribution in [0.2, 0.25) is 0 Å². The van der Waals surface area contributed by atoms with E-state index in [0.717, 1.165) is 24.6 Å². The summed E-state index contributed by atoms with van der Waals surface area (Å²) in [5, 5.41) is 4.74. The molecular weight excluding hydrogens is 230 g/mol. The largest absolute Gasteiger partial charge is 0.369 e. The van der Waals surface area contributed by atoms with E-state index < -0.39 is 0 Å². The van der Waals surface area contributed by atoms with Crippen LogP contribution in [0, 0.1) is 6.92 Å². The maximum Gasteiger partial charge on any atom is 0.138 e. The van der Waals surface area contributed by atoms with Crippen molar-refractivity contribution >= 4 is 27.4 Å². The van der Waals surface area contributed by atoms with Crippen molar-refractivity contribution in [3.63, 3.8) is 0 Å². The predicted octanol–water partition coefficient (Wildman–Crippen LogP) is 3.31. The van der Waals surface area contributed by atoms with Crippen LogP contribution in [0.15, 0.2) is 0 Å². The molecule has 3 nitrogen and oxygen atoms in total. The molecule has 2 heterocycles. The molecular formula is C13H17N3S. The van der Waals surface area contributed by atoms with E-state index in [9.17, 15) is 0 Å². The molecule has 0 amide bonds. The molecule has 0 unspecified atom stereocenters. The van der Waals surface area contributed by atoms with Crippen LogP contribution in [0.25, 0.3) is 10.2 Å². The van der Waals surface area contributed by atoms with E-state index in [1.165, 1.54) is 39.9 Å². The third-order valence-electron chi connectivity index (χ3n) is 3.22. The topological polar surface area (TPSA) is 37.8 Å². The smallest absolute Gasteiger partial charge is 0.138 e. The summed E-state index contributed by atoms with van der Waals surface area (Å²) in [4.78, 5) is 11.8. The molecule has 0 aromatic carbocycles. The summed E-state index contributed by atoms with van der Waals surface area (Å²) in [5.41, 5.74) is 1.50. The Bertz CT molecular complexity index is 559. The van der Waals surface area contributed by atoms with Crippen LogP contribution in [0.5, 0.6) is 0 Å². The number of thiophene rings is 1. The lowest BCUT2D eigenvalue weighted by Gasteiger charge is -2.07. The van der Waals surface area contributed by atoms with Crippen molar-refractivity contribution in [1.29, 1.82) is 0 Å². The zero-order valence-corrected chi connectivity index (χ0v) is 11.2. The summed E-state index contributed by atoms with van der Waals surface area (Å²) >= 11 is 1.86. The Hall–Kier alpha value is -1.16. The molecule has 2 aromatic heterocycles. The molecule has 4 heteroatoms. The van der Waals surface area contributed by atoms with Gasteiger partial charge in [-0.05, 0) is 38.2 Å². The number of nitrogens with one attached hydrogen (secondary N) is 1. The molecule has 0 saturated heterocycles. The Morgan fingerprint density at radius 2 is 2.18 bits per heavy atom. The Balaban J connectivity index is 2.17. The summed E-state index contributed by atoms with van der Waals surface area (Å²) in [6.45, 7) is 5.13.